The number of anilines is 2. The molecule has 0 bridgehead atoms. The van der Waals surface area contributed by atoms with Crippen LogP contribution in [0, 0.1) is 0 Å². The maximum atomic E-state index is 12.2. The number of oxazole rings is 1. The molecule has 0 saturated heterocycles. The van der Waals surface area contributed by atoms with Crippen LogP contribution in [-0.4, -0.2) is 16.8 Å². The average Bonchev–Trinajstić information content (AvgIpc) is 2.87. The number of amides is 2. The van der Waals surface area contributed by atoms with Gasteiger partial charge in [-0.2, -0.15) is 4.98 Å². The Morgan fingerprint density at radius 3 is 2.58 bits per heavy atom. The van der Waals surface area contributed by atoms with Crippen molar-refractivity contribution in [3.05, 3.63) is 52.0 Å². The fraction of sp³-hybridized carbons (Fsp3) is 0.0625. The highest BCUT2D eigenvalue weighted by molar-refractivity contribution is 6.37. The van der Waals surface area contributed by atoms with Crippen LogP contribution >= 0.6 is 23.2 Å². The monoisotopic (exact) mass is 363 g/mol. The summed E-state index contributed by atoms with van der Waals surface area (Å²) in [5.41, 5.74) is 1.80. The molecule has 2 amide bonds. The van der Waals surface area contributed by atoms with Gasteiger partial charge in [-0.25, -0.2) is 0 Å². The highest BCUT2D eigenvalue weighted by Gasteiger charge is 2.14. The molecular weight excluding hydrogens is 353 g/mol. The van der Waals surface area contributed by atoms with Crippen molar-refractivity contribution < 1.29 is 14.0 Å². The summed E-state index contributed by atoms with van der Waals surface area (Å²) in [4.78, 5) is 27.5. The number of aromatic nitrogens is 1. The number of nitrogens with zero attached hydrogens (tertiary/aromatic N) is 1. The van der Waals surface area contributed by atoms with E-state index in [0.29, 0.717) is 21.8 Å². The molecule has 0 atom stereocenters. The zero-order valence-corrected chi connectivity index (χ0v) is 13.9. The molecule has 0 aliphatic rings. The van der Waals surface area contributed by atoms with Crippen molar-refractivity contribution in [2.45, 2.75) is 6.92 Å². The van der Waals surface area contributed by atoms with Gasteiger partial charge in [0.05, 0.1) is 10.6 Å². The highest BCUT2D eigenvalue weighted by Crippen LogP contribution is 2.25. The Labute approximate surface area is 146 Å². The number of nitrogens with one attached hydrogen (secondary N) is 2. The van der Waals surface area contributed by atoms with Gasteiger partial charge in [-0.3, -0.25) is 14.9 Å². The SMILES string of the molecule is CC(=O)Nc1ccc2nc(NC(=O)c3ccc(Cl)cc3Cl)oc2c1. The van der Waals surface area contributed by atoms with Gasteiger partial charge >= 0.3 is 6.01 Å². The summed E-state index contributed by atoms with van der Waals surface area (Å²) < 4.78 is 5.48. The molecule has 0 unspecified atom stereocenters. The molecule has 0 radical (unpaired) electrons. The second-order valence-electron chi connectivity index (χ2n) is 4.96. The standard InChI is InChI=1S/C16H11Cl2N3O3/c1-8(22)19-10-3-5-13-14(7-10)24-16(20-13)21-15(23)11-4-2-9(17)6-12(11)18/h2-7H,1H3,(H,19,22)(H,20,21,23). The molecule has 6 nitrogen and oxygen atoms in total. The van der Waals surface area contributed by atoms with Crippen LogP contribution in [0.4, 0.5) is 11.7 Å². The summed E-state index contributed by atoms with van der Waals surface area (Å²) >= 11 is 11.8. The molecule has 24 heavy (non-hydrogen) atoms. The van der Waals surface area contributed by atoms with Gasteiger partial charge < -0.3 is 9.73 Å². The van der Waals surface area contributed by atoms with Crippen LogP contribution in [0.25, 0.3) is 11.1 Å². The lowest BCUT2D eigenvalue weighted by Crippen LogP contribution is -2.12. The number of carbonyl (C=O) groups is 2. The molecule has 0 saturated carbocycles. The zero-order chi connectivity index (χ0) is 17.3. The molecule has 3 aromatic rings. The Bertz CT molecular complexity index is 953. The zero-order valence-electron chi connectivity index (χ0n) is 12.4. The summed E-state index contributed by atoms with van der Waals surface area (Å²) in [6, 6.07) is 9.56. The Morgan fingerprint density at radius 2 is 1.88 bits per heavy atom. The van der Waals surface area contributed by atoms with E-state index in [1.807, 2.05) is 0 Å². The first kappa shape index (κ1) is 16.3. The first-order valence-electron chi connectivity index (χ1n) is 6.87. The third kappa shape index (κ3) is 3.50. The maximum Gasteiger partial charge on any atom is 0.302 e. The third-order valence-electron chi connectivity index (χ3n) is 3.11. The van der Waals surface area contributed by atoms with E-state index in [-0.39, 0.29) is 22.5 Å². The van der Waals surface area contributed by atoms with Crippen molar-refractivity contribution in [3.8, 4) is 0 Å². The lowest BCUT2D eigenvalue weighted by atomic mass is 10.2. The minimum atomic E-state index is -0.467. The van der Waals surface area contributed by atoms with Gasteiger partial charge in [-0.15, -0.1) is 0 Å². The number of benzene rings is 2. The van der Waals surface area contributed by atoms with Crippen LogP contribution in [0.15, 0.2) is 40.8 Å². The number of carbonyl (C=O) groups excluding carboxylic acids is 2. The summed E-state index contributed by atoms with van der Waals surface area (Å²) in [6.45, 7) is 1.41. The smallest absolute Gasteiger partial charge is 0.302 e. The van der Waals surface area contributed by atoms with Gasteiger partial charge in [-0.05, 0) is 30.3 Å². The molecule has 0 aliphatic carbocycles. The Balaban J connectivity index is 1.84. The predicted octanol–water partition coefficient (Wildman–Crippen LogP) is 4.35. The van der Waals surface area contributed by atoms with Crippen LogP contribution in [0.3, 0.4) is 0 Å². The predicted molar refractivity (Wildman–Crippen MR) is 92.7 cm³/mol. The fourth-order valence-corrected chi connectivity index (χ4v) is 2.59. The number of hydrogen-bond acceptors (Lipinski definition) is 4. The normalized spacial score (nSPS) is 10.6. The molecule has 8 heteroatoms. The van der Waals surface area contributed by atoms with E-state index in [0.717, 1.165) is 0 Å². The van der Waals surface area contributed by atoms with Gasteiger partial charge in [0, 0.05) is 23.7 Å². The minimum absolute atomic E-state index is 0.0287. The van der Waals surface area contributed by atoms with E-state index in [9.17, 15) is 9.59 Å². The van der Waals surface area contributed by atoms with Gasteiger partial charge in [0.2, 0.25) is 5.91 Å². The minimum Gasteiger partial charge on any atom is -0.423 e. The molecule has 1 heterocycles. The summed E-state index contributed by atoms with van der Waals surface area (Å²) in [7, 11) is 0. The van der Waals surface area contributed by atoms with Crippen LogP contribution in [0.5, 0.6) is 0 Å². The maximum absolute atomic E-state index is 12.2. The molecule has 0 fully saturated rings. The Kier molecular flexibility index (Phi) is 4.42. The van der Waals surface area contributed by atoms with Crippen LogP contribution in [0.2, 0.25) is 10.0 Å². The largest absolute Gasteiger partial charge is 0.423 e. The van der Waals surface area contributed by atoms with Crippen molar-refractivity contribution in [1.82, 2.24) is 4.98 Å². The van der Waals surface area contributed by atoms with Crippen molar-refractivity contribution in [2.24, 2.45) is 0 Å². The van der Waals surface area contributed by atoms with Crippen molar-refractivity contribution in [1.29, 1.82) is 0 Å². The van der Waals surface area contributed by atoms with Crippen molar-refractivity contribution in [2.75, 3.05) is 10.6 Å². The summed E-state index contributed by atoms with van der Waals surface area (Å²) in [5, 5.41) is 5.84. The quantitative estimate of drug-likeness (QED) is 0.724. The van der Waals surface area contributed by atoms with Crippen molar-refractivity contribution in [3.63, 3.8) is 0 Å². The molecule has 0 aliphatic heterocycles. The fourth-order valence-electron chi connectivity index (χ4n) is 2.10. The van der Waals surface area contributed by atoms with E-state index in [4.69, 9.17) is 27.6 Å². The highest BCUT2D eigenvalue weighted by atomic mass is 35.5. The molecule has 0 spiro atoms. The topological polar surface area (TPSA) is 84.2 Å². The average molecular weight is 364 g/mol. The van der Waals surface area contributed by atoms with Gasteiger partial charge in [0.25, 0.3) is 5.91 Å². The van der Waals surface area contributed by atoms with Crippen molar-refractivity contribution >= 4 is 57.8 Å². The summed E-state index contributed by atoms with van der Waals surface area (Å²) in [5.74, 6) is -0.662. The second-order valence-corrected chi connectivity index (χ2v) is 5.80. The molecule has 122 valence electrons. The van der Waals surface area contributed by atoms with E-state index < -0.39 is 5.91 Å². The van der Waals surface area contributed by atoms with Crippen LogP contribution < -0.4 is 10.6 Å². The molecule has 2 N–H and O–H groups in total. The van der Waals surface area contributed by atoms with E-state index in [2.05, 4.69) is 15.6 Å². The van der Waals surface area contributed by atoms with Gasteiger partial charge in [0.1, 0.15) is 5.52 Å². The molecular formula is C16H11Cl2N3O3. The Morgan fingerprint density at radius 1 is 1.08 bits per heavy atom. The van der Waals surface area contributed by atoms with E-state index in [1.165, 1.54) is 19.1 Å². The lowest BCUT2D eigenvalue weighted by Gasteiger charge is -2.03. The molecule has 3 rings (SSSR count). The number of halogens is 2. The number of hydrogen-bond donors (Lipinski definition) is 2. The molecule has 2 aromatic carbocycles. The number of rotatable bonds is 3. The van der Waals surface area contributed by atoms with Gasteiger partial charge in [0.15, 0.2) is 5.58 Å². The van der Waals surface area contributed by atoms with E-state index in [1.54, 1.807) is 24.3 Å². The first-order chi connectivity index (χ1) is 11.4. The van der Waals surface area contributed by atoms with E-state index >= 15 is 0 Å². The van der Waals surface area contributed by atoms with Gasteiger partial charge in [-0.1, -0.05) is 23.2 Å². The molecule has 1 aromatic heterocycles. The number of fused-ring (bicyclic) bond motifs is 1. The summed E-state index contributed by atoms with van der Waals surface area (Å²) in [6.07, 6.45) is 0. The second kappa shape index (κ2) is 6.51. The van der Waals surface area contributed by atoms with Crippen LogP contribution in [0.1, 0.15) is 17.3 Å². The Hall–Kier alpha value is -2.57. The first-order valence-corrected chi connectivity index (χ1v) is 7.62. The third-order valence-corrected chi connectivity index (χ3v) is 3.65. The van der Waals surface area contributed by atoms with Crippen LogP contribution in [-0.2, 0) is 4.79 Å². The lowest BCUT2D eigenvalue weighted by molar-refractivity contribution is -0.114.